The average molecular weight is 322 g/mol. The maximum absolute atomic E-state index is 8.94. The number of hydrogen-bond acceptors (Lipinski definition) is 4. The summed E-state index contributed by atoms with van der Waals surface area (Å²) in [6.45, 7) is 9.64. The van der Waals surface area contributed by atoms with E-state index in [0.29, 0.717) is 6.41 Å². The van der Waals surface area contributed by atoms with E-state index in [9.17, 15) is 0 Å². The molecule has 1 saturated heterocycles. The molecule has 0 aromatic heterocycles. The smallest absolute Gasteiger partial charge is 0.290 e. The fourth-order valence-corrected chi connectivity index (χ4v) is 2.14. The van der Waals surface area contributed by atoms with Gasteiger partial charge in [-0.3, -0.25) is 15.0 Å². The summed E-state index contributed by atoms with van der Waals surface area (Å²) in [4.78, 5) is 17.3. The summed E-state index contributed by atoms with van der Waals surface area (Å²) in [7, 11) is 0. The second-order valence-corrected chi connectivity index (χ2v) is 4.44. The molecule has 1 rings (SSSR count). The Labute approximate surface area is 137 Å². The molecule has 0 aromatic rings. The summed E-state index contributed by atoms with van der Waals surface area (Å²) in [5.41, 5.74) is 1.75. The second kappa shape index (κ2) is 28.1. The third-order valence-corrected chi connectivity index (χ3v) is 3.31. The van der Waals surface area contributed by atoms with Crippen molar-refractivity contribution in [2.24, 2.45) is 11.8 Å². The number of carboxylic acid groups (broad SMARTS) is 1. The Morgan fingerprint density at radius 2 is 1.77 bits per heavy atom. The summed E-state index contributed by atoms with van der Waals surface area (Å²) in [6.07, 6.45) is 8.79. The van der Waals surface area contributed by atoms with Crippen LogP contribution in [0.1, 0.15) is 73.6 Å². The molecule has 6 nitrogen and oxygen atoms in total. The predicted molar refractivity (Wildman–Crippen MR) is 94.5 cm³/mol. The van der Waals surface area contributed by atoms with E-state index in [2.05, 4.69) is 25.0 Å². The molecule has 1 aliphatic rings. The highest BCUT2D eigenvalue weighted by atomic mass is 16.3. The van der Waals surface area contributed by atoms with Crippen LogP contribution >= 0.6 is 0 Å². The molecule has 1 aliphatic heterocycles. The van der Waals surface area contributed by atoms with Crippen molar-refractivity contribution < 1.29 is 14.7 Å². The van der Waals surface area contributed by atoms with E-state index in [0.717, 1.165) is 12.0 Å². The predicted octanol–water partition coefficient (Wildman–Crippen LogP) is 2.92. The van der Waals surface area contributed by atoms with Gasteiger partial charge in [-0.15, -0.1) is 0 Å². The molecule has 6 heteroatoms. The van der Waals surface area contributed by atoms with Gasteiger partial charge in [0.05, 0.1) is 0 Å². The quantitative estimate of drug-likeness (QED) is 0.260. The number of carbonyl (C=O) groups excluding carboxylic acids is 1. The van der Waals surface area contributed by atoms with Crippen LogP contribution in [0.4, 0.5) is 0 Å². The van der Waals surface area contributed by atoms with E-state index in [1.165, 1.54) is 45.1 Å². The maximum Gasteiger partial charge on any atom is 0.290 e. The Hall–Kier alpha value is -1.14. The first kappa shape index (κ1) is 28.9. The number of carbonyl (C=O) groups is 2. The van der Waals surface area contributed by atoms with Gasteiger partial charge in [-0.2, -0.15) is 0 Å². The molecule has 0 aliphatic carbocycles. The highest BCUT2D eigenvalue weighted by Crippen LogP contribution is 2.19. The zero-order valence-corrected chi connectivity index (χ0v) is 14.1. The first-order valence-electron chi connectivity index (χ1n) is 7.90. The topological polar surface area (TPSA) is 104 Å². The lowest BCUT2D eigenvalue weighted by atomic mass is 9.95. The molecule has 0 bridgehead atoms. The third kappa shape index (κ3) is 23.9. The van der Waals surface area contributed by atoms with Crippen LogP contribution < -0.4 is 16.6 Å². The molecule has 0 saturated carbocycles. The molecule has 1 amide bonds. The second-order valence-electron chi connectivity index (χ2n) is 4.44. The number of amides is 1. The highest BCUT2D eigenvalue weighted by Gasteiger charge is 2.14. The standard InChI is InChI=1S/C11H23N.C2H6.CH4N2O.CH2O2.CH4/c1-3-10(4-2)7-8-11-6-5-9-12-11;1-2;2-3-1-4;2-1-3;/h10-12H,3-9H2,1-2H3;1-2H3;1H,2H2,(H,3,4);1H,(H,2,3);1H4. The fraction of sp³-hybridized carbons (Fsp3) is 0.875. The molecule has 1 atom stereocenters. The van der Waals surface area contributed by atoms with Gasteiger partial charge in [0.2, 0.25) is 6.41 Å². The van der Waals surface area contributed by atoms with Crippen molar-refractivity contribution >= 4 is 12.9 Å². The Kier molecular flexibility index (Phi) is 36.9. The number of nitrogens with one attached hydrogen (secondary N) is 2. The van der Waals surface area contributed by atoms with Gasteiger partial charge in [0.15, 0.2) is 0 Å². The maximum atomic E-state index is 8.94. The highest BCUT2D eigenvalue weighted by molar-refractivity contribution is 5.44. The van der Waals surface area contributed by atoms with Crippen LogP contribution in [0.5, 0.6) is 0 Å². The monoisotopic (exact) mass is 321 g/mol. The minimum Gasteiger partial charge on any atom is -0.483 e. The van der Waals surface area contributed by atoms with Crippen molar-refractivity contribution in [2.45, 2.75) is 79.7 Å². The zero-order chi connectivity index (χ0) is 16.9. The summed E-state index contributed by atoms with van der Waals surface area (Å²) in [6, 6.07) is 0.852. The minimum absolute atomic E-state index is 0. The number of hydrazine groups is 1. The van der Waals surface area contributed by atoms with Gasteiger partial charge in [0, 0.05) is 6.04 Å². The Bertz CT molecular complexity index is 193. The van der Waals surface area contributed by atoms with Crippen molar-refractivity contribution in [1.82, 2.24) is 10.7 Å². The van der Waals surface area contributed by atoms with Gasteiger partial charge < -0.3 is 10.4 Å². The molecular weight excluding hydrogens is 282 g/mol. The van der Waals surface area contributed by atoms with Gasteiger partial charge in [0.1, 0.15) is 0 Å². The SMILES string of the molecule is C.CC.CCC(CC)CCC1CCCN1.NNC=O.O=CO. The molecule has 136 valence electrons. The lowest BCUT2D eigenvalue weighted by Crippen LogP contribution is -2.21. The molecule has 5 N–H and O–H groups in total. The Morgan fingerprint density at radius 1 is 1.32 bits per heavy atom. The molecule has 1 fully saturated rings. The molecule has 1 heterocycles. The molecule has 0 spiro atoms. The molecule has 22 heavy (non-hydrogen) atoms. The van der Waals surface area contributed by atoms with Crippen LogP contribution in [-0.4, -0.2) is 30.6 Å². The Morgan fingerprint density at radius 3 is 2.05 bits per heavy atom. The van der Waals surface area contributed by atoms with E-state index >= 15 is 0 Å². The van der Waals surface area contributed by atoms with Gasteiger partial charge in [0.25, 0.3) is 6.47 Å². The van der Waals surface area contributed by atoms with Crippen LogP contribution in [0.15, 0.2) is 0 Å². The summed E-state index contributed by atoms with van der Waals surface area (Å²) >= 11 is 0. The largest absolute Gasteiger partial charge is 0.483 e. The van der Waals surface area contributed by atoms with E-state index in [4.69, 9.17) is 14.7 Å². The first-order chi connectivity index (χ1) is 10.2. The van der Waals surface area contributed by atoms with E-state index in [1.54, 1.807) is 5.43 Å². The molecular formula is C16H39N3O3. The average Bonchev–Trinajstić information content (AvgIpc) is 3.05. The molecule has 0 aromatic carbocycles. The Balaban J connectivity index is -0.000000137. The van der Waals surface area contributed by atoms with Crippen LogP contribution in [0, 0.1) is 5.92 Å². The van der Waals surface area contributed by atoms with Crippen molar-refractivity contribution in [1.29, 1.82) is 0 Å². The zero-order valence-electron chi connectivity index (χ0n) is 14.1. The van der Waals surface area contributed by atoms with Crippen LogP contribution in [-0.2, 0) is 9.59 Å². The van der Waals surface area contributed by atoms with Gasteiger partial charge in [-0.25, -0.2) is 5.84 Å². The van der Waals surface area contributed by atoms with Crippen LogP contribution in [0.25, 0.3) is 0 Å². The van der Waals surface area contributed by atoms with E-state index in [1.807, 2.05) is 13.8 Å². The van der Waals surface area contributed by atoms with Crippen molar-refractivity contribution in [3.8, 4) is 0 Å². The summed E-state index contributed by atoms with van der Waals surface area (Å²) < 4.78 is 0. The van der Waals surface area contributed by atoms with Gasteiger partial charge in [-0.05, 0) is 38.1 Å². The first-order valence-corrected chi connectivity index (χ1v) is 7.90. The van der Waals surface area contributed by atoms with Crippen molar-refractivity contribution in [3.05, 3.63) is 0 Å². The van der Waals surface area contributed by atoms with Crippen LogP contribution in [0.2, 0.25) is 0 Å². The summed E-state index contributed by atoms with van der Waals surface area (Å²) in [5, 5.41) is 10.4. The summed E-state index contributed by atoms with van der Waals surface area (Å²) in [5.74, 6) is 5.39. The van der Waals surface area contributed by atoms with Crippen LogP contribution in [0.3, 0.4) is 0 Å². The minimum atomic E-state index is -0.250. The van der Waals surface area contributed by atoms with E-state index < -0.39 is 0 Å². The lowest BCUT2D eigenvalue weighted by molar-refractivity contribution is -0.122. The molecule has 0 radical (unpaired) electrons. The number of hydrogen-bond donors (Lipinski definition) is 4. The van der Waals surface area contributed by atoms with E-state index in [-0.39, 0.29) is 13.9 Å². The molecule has 1 unspecified atom stereocenters. The third-order valence-electron chi connectivity index (χ3n) is 3.31. The van der Waals surface area contributed by atoms with Gasteiger partial charge >= 0.3 is 0 Å². The van der Waals surface area contributed by atoms with Gasteiger partial charge in [-0.1, -0.05) is 48.0 Å². The fourth-order valence-electron chi connectivity index (χ4n) is 2.14. The number of nitrogens with two attached hydrogens (primary N) is 1. The normalized spacial score (nSPS) is 14.7. The lowest BCUT2D eigenvalue weighted by Gasteiger charge is -2.15. The van der Waals surface area contributed by atoms with Crippen molar-refractivity contribution in [2.75, 3.05) is 6.54 Å². The number of rotatable bonds is 6. The van der Waals surface area contributed by atoms with Crippen molar-refractivity contribution in [3.63, 3.8) is 0 Å².